The summed E-state index contributed by atoms with van der Waals surface area (Å²) in [5, 5.41) is 0.830. The molecule has 0 unspecified atom stereocenters. The first-order valence-corrected chi connectivity index (χ1v) is 8.23. The average Bonchev–Trinajstić information content (AvgIpc) is 2.32. The molecule has 0 atom stereocenters. The molecule has 0 aliphatic rings. The summed E-state index contributed by atoms with van der Waals surface area (Å²) in [6.07, 6.45) is 0. The topological polar surface area (TPSA) is 60.2 Å². The van der Waals surface area contributed by atoms with Gasteiger partial charge in [-0.3, -0.25) is 0 Å². The molecule has 106 valence electrons. The molecule has 0 aromatic heterocycles. The van der Waals surface area contributed by atoms with Gasteiger partial charge in [-0.15, -0.1) is 0 Å². The van der Waals surface area contributed by atoms with E-state index in [0.717, 1.165) is 5.56 Å². The second-order valence-corrected chi connectivity index (χ2v) is 7.34. The third-order valence-corrected chi connectivity index (χ3v) is 5.18. The molecule has 0 aliphatic carbocycles. The molecule has 0 saturated carbocycles. The number of aryl methyl sites for hydroxylation is 1. The summed E-state index contributed by atoms with van der Waals surface area (Å²) < 4.78 is 24.8. The standard InChI is InChI=1S/C14H13Cl2NO2S/c1-9-2-3-10(12(16)6-9)8-20(18,19)14-5-4-11(15)7-13(14)17/h2-7H,8,17H2,1H3. The molecule has 0 fully saturated rings. The lowest BCUT2D eigenvalue weighted by molar-refractivity contribution is 0.595. The van der Waals surface area contributed by atoms with Crippen molar-refractivity contribution in [1.29, 1.82) is 0 Å². The predicted molar refractivity (Wildman–Crippen MR) is 82.9 cm³/mol. The lowest BCUT2D eigenvalue weighted by atomic mass is 10.2. The highest BCUT2D eigenvalue weighted by atomic mass is 35.5. The number of hydrogen-bond acceptors (Lipinski definition) is 3. The molecule has 0 saturated heterocycles. The molecule has 2 N–H and O–H groups in total. The van der Waals surface area contributed by atoms with Gasteiger partial charge < -0.3 is 5.73 Å². The lowest BCUT2D eigenvalue weighted by Gasteiger charge is -2.09. The molecule has 0 amide bonds. The molecule has 2 aromatic carbocycles. The third kappa shape index (κ3) is 3.26. The minimum Gasteiger partial charge on any atom is -0.398 e. The van der Waals surface area contributed by atoms with Crippen molar-refractivity contribution in [2.45, 2.75) is 17.6 Å². The average molecular weight is 330 g/mol. The van der Waals surface area contributed by atoms with Gasteiger partial charge >= 0.3 is 0 Å². The van der Waals surface area contributed by atoms with Crippen molar-refractivity contribution in [3.63, 3.8) is 0 Å². The molecule has 3 nitrogen and oxygen atoms in total. The van der Waals surface area contributed by atoms with Gasteiger partial charge in [-0.1, -0.05) is 35.3 Å². The molecule has 0 spiro atoms. The summed E-state index contributed by atoms with van der Waals surface area (Å²) in [5.41, 5.74) is 7.39. The summed E-state index contributed by atoms with van der Waals surface area (Å²) in [7, 11) is -3.56. The van der Waals surface area contributed by atoms with Crippen LogP contribution in [0.4, 0.5) is 5.69 Å². The number of anilines is 1. The van der Waals surface area contributed by atoms with Gasteiger partial charge in [0.2, 0.25) is 0 Å². The maximum absolute atomic E-state index is 12.4. The van der Waals surface area contributed by atoms with Gasteiger partial charge in [-0.25, -0.2) is 8.42 Å². The Labute approximate surface area is 128 Å². The Kier molecular flexibility index (Phi) is 4.28. The van der Waals surface area contributed by atoms with E-state index in [2.05, 4.69) is 0 Å². The Hall–Kier alpha value is -1.23. The Morgan fingerprint density at radius 3 is 2.40 bits per heavy atom. The van der Waals surface area contributed by atoms with Gasteiger partial charge in [0.25, 0.3) is 0 Å². The fourth-order valence-corrected chi connectivity index (χ4v) is 3.93. The zero-order chi connectivity index (χ0) is 14.9. The number of benzene rings is 2. The summed E-state index contributed by atoms with van der Waals surface area (Å²) in [6, 6.07) is 9.60. The van der Waals surface area contributed by atoms with Crippen LogP contribution in [0, 0.1) is 6.92 Å². The van der Waals surface area contributed by atoms with Crippen LogP contribution in [0.3, 0.4) is 0 Å². The van der Waals surface area contributed by atoms with Crippen LogP contribution in [0.15, 0.2) is 41.3 Å². The SMILES string of the molecule is Cc1ccc(CS(=O)(=O)c2ccc(Cl)cc2N)c(Cl)c1. The predicted octanol–water partition coefficient (Wildman–Crippen LogP) is 3.86. The zero-order valence-electron chi connectivity index (χ0n) is 10.7. The smallest absolute Gasteiger partial charge is 0.184 e. The van der Waals surface area contributed by atoms with Crippen LogP contribution in [-0.4, -0.2) is 8.42 Å². The van der Waals surface area contributed by atoms with Crippen molar-refractivity contribution >= 4 is 38.7 Å². The molecule has 0 heterocycles. The molecule has 0 radical (unpaired) electrons. The van der Waals surface area contributed by atoms with E-state index in [0.29, 0.717) is 15.6 Å². The monoisotopic (exact) mass is 329 g/mol. The largest absolute Gasteiger partial charge is 0.398 e. The number of hydrogen-bond donors (Lipinski definition) is 1. The van der Waals surface area contributed by atoms with Gasteiger partial charge in [-0.05, 0) is 42.3 Å². The van der Waals surface area contributed by atoms with Gasteiger partial charge in [0, 0.05) is 10.0 Å². The van der Waals surface area contributed by atoms with E-state index in [1.807, 2.05) is 13.0 Å². The minimum atomic E-state index is -3.56. The van der Waals surface area contributed by atoms with E-state index < -0.39 is 9.84 Å². The quantitative estimate of drug-likeness (QED) is 0.870. The minimum absolute atomic E-state index is 0.0681. The van der Waals surface area contributed by atoms with Crippen LogP contribution >= 0.6 is 23.2 Å². The van der Waals surface area contributed by atoms with Crippen LogP contribution in [0.25, 0.3) is 0 Å². The number of rotatable bonds is 3. The van der Waals surface area contributed by atoms with Gasteiger partial charge in [0.05, 0.1) is 16.3 Å². The maximum atomic E-state index is 12.4. The van der Waals surface area contributed by atoms with Crippen molar-refractivity contribution < 1.29 is 8.42 Å². The molecule has 6 heteroatoms. The fourth-order valence-electron chi connectivity index (χ4n) is 1.85. The maximum Gasteiger partial charge on any atom is 0.184 e. The van der Waals surface area contributed by atoms with E-state index in [9.17, 15) is 8.42 Å². The first kappa shape index (κ1) is 15.2. The fraction of sp³-hybridized carbons (Fsp3) is 0.143. The number of sulfone groups is 1. The van der Waals surface area contributed by atoms with Crippen LogP contribution < -0.4 is 5.73 Å². The first-order chi connectivity index (χ1) is 9.29. The van der Waals surface area contributed by atoms with Gasteiger partial charge in [0.15, 0.2) is 9.84 Å². The highest BCUT2D eigenvalue weighted by Crippen LogP contribution is 2.28. The third-order valence-electron chi connectivity index (χ3n) is 2.86. The first-order valence-electron chi connectivity index (χ1n) is 5.82. The van der Waals surface area contributed by atoms with Crippen molar-refractivity contribution in [2.24, 2.45) is 0 Å². The summed E-state index contributed by atoms with van der Waals surface area (Å²) >= 11 is 11.8. The van der Waals surface area contributed by atoms with Crippen LogP contribution in [0.2, 0.25) is 10.0 Å². The van der Waals surface area contributed by atoms with Crippen LogP contribution in [0.5, 0.6) is 0 Å². The highest BCUT2D eigenvalue weighted by Gasteiger charge is 2.20. The van der Waals surface area contributed by atoms with Crippen molar-refractivity contribution in [1.82, 2.24) is 0 Å². The van der Waals surface area contributed by atoms with Crippen molar-refractivity contribution in [2.75, 3.05) is 5.73 Å². The van der Waals surface area contributed by atoms with E-state index in [1.54, 1.807) is 12.1 Å². The summed E-state index contributed by atoms with van der Waals surface area (Å²) in [5.74, 6) is -0.196. The molecular formula is C14H13Cl2NO2S. The molecule has 0 aliphatic heterocycles. The Morgan fingerprint density at radius 1 is 1.10 bits per heavy atom. The van der Waals surface area contributed by atoms with Crippen molar-refractivity contribution in [3.8, 4) is 0 Å². The Bertz CT molecular complexity index is 758. The van der Waals surface area contributed by atoms with Crippen LogP contribution in [0.1, 0.15) is 11.1 Å². The van der Waals surface area contributed by atoms with E-state index in [4.69, 9.17) is 28.9 Å². The molecule has 2 rings (SSSR count). The second-order valence-electron chi connectivity index (χ2n) is 4.54. The van der Waals surface area contributed by atoms with Gasteiger partial charge in [-0.2, -0.15) is 0 Å². The molecule has 2 aromatic rings. The van der Waals surface area contributed by atoms with Crippen molar-refractivity contribution in [3.05, 3.63) is 57.6 Å². The molecular weight excluding hydrogens is 317 g/mol. The van der Waals surface area contributed by atoms with E-state index in [1.165, 1.54) is 18.2 Å². The lowest BCUT2D eigenvalue weighted by Crippen LogP contribution is -2.08. The second kappa shape index (κ2) is 5.64. The van der Waals surface area contributed by atoms with E-state index in [-0.39, 0.29) is 16.3 Å². The van der Waals surface area contributed by atoms with Crippen LogP contribution in [-0.2, 0) is 15.6 Å². The van der Waals surface area contributed by atoms with Gasteiger partial charge in [0.1, 0.15) is 0 Å². The number of halogens is 2. The Balaban J connectivity index is 2.41. The summed E-state index contributed by atoms with van der Waals surface area (Å²) in [4.78, 5) is 0.0681. The zero-order valence-corrected chi connectivity index (χ0v) is 13.1. The Morgan fingerprint density at radius 2 is 1.80 bits per heavy atom. The number of nitrogens with two attached hydrogens (primary N) is 1. The number of nitrogen functional groups attached to an aromatic ring is 1. The summed E-state index contributed by atoms with van der Waals surface area (Å²) in [6.45, 7) is 1.89. The highest BCUT2D eigenvalue weighted by molar-refractivity contribution is 7.90. The van der Waals surface area contributed by atoms with E-state index >= 15 is 0 Å². The normalized spacial score (nSPS) is 11.6. The molecule has 0 bridgehead atoms. The molecule has 20 heavy (non-hydrogen) atoms.